The van der Waals surface area contributed by atoms with Crippen LogP contribution in [0.15, 0.2) is 41.9 Å². The van der Waals surface area contributed by atoms with Crippen LogP contribution in [0.1, 0.15) is 5.56 Å². The first-order chi connectivity index (χ1) is 10.7. The number of amides is 1. The fraction of sp³-hybridized carbons (Fsp3) is 0.188. The summed E-state index contributed by atoms with van der Waals surface area (Å²) >= 11 is 1.24. The number of aromatic nitrogens is 1. The van der Waals surface area contributed by atoms with Crippen molar-refractivity contribution >= 4 is 28.6 Å². The van der Waals surface area contributed by atoms with Crippen molar-refractivity contribution in [3.8, 4) is 11.8 Å². The fourth-order valence-electron chi connectivity index (χ4n) is 1.82. The van der Waals surface area contributed by atoms with E-state index in [1.165, 1.54) is 11.8 Å². The monoisotopic (exact) mass is 313 g/mol. The van der Waals surface area contributed by atoms with Crippen LogP contribution in [0.2, 0.25) is 0 Å². The minimum Gasteiger partial charge on any atom is -0.497 e. The van der Waals surface area contributed by atoms with E-state index in [-0.39, 0.29) is 11.7 Å². The van der Waals surface area contributed by atoms with E-state index in [0.29, 0.717) is 22.9 Å². The highest BCUT2D eigenvalue weighted by molar-refractivity contribution is 8.00. The molecule has 1 N–H and O–H groups in total. The molecule has 0 atom stereocenters. The van der Waals surface area contributed by atoms with Gasteiger partial charge >= 0.3 is 0 Å². The minimum atomic E-state index is -0.120. The quantitative estimate of drug-likeness (QED) is 0.655. The number of rotatable bonds is 6. The third kappa shape index (κ3) is 3.77. The van der Waals surface area contributed by atoms with E-state index in [1.54, 1.807) is 19.3 Å². The zero-order chi connectivity index (χ0) is 15.9. The molecule has 0 unspecified atom stereocenters. The van der Waals surface area contributed by atoms with E-state index in [2.05, 4.69) is 22.9 Å². The molecular weight excluding hydrogens is 298 g/mol. The molecular formula is C16H15N3O2S. The minimum absolute atomic E-state index is 0.120. The number of nitriles is 1. The Hall–Kier alpha value is -2.52. The highest BCUT2D eigenvalue weighted by Gasteiger charge is 2.10. The summed E-state index contributed by atoms with van der Waals surface area (Å²) in [4.78, 5) is 16.1. The van der Waals surface area contributed by atoms with Gasteiger partial charge in [0.05, 0.1) is 23.9 Å². The lowest BCUT2D eigenvalue weighted by Gasteiger charge is -2.07. The Kier molecular flexibility index (Phi) is 5.39. The van der Waals surface area contributed by atoms with Gasteiger partial charge in [-0.05, 0) is 24.3 Å². The first-order valence-electron chi connectivity index (χ1n) is 6.57. The normalized spacial score (nSPS) is 10.0. The number of carbonyl (C=O) groups excluding carboxylic acids is 1. The van der Waals surface area contributed by atoms with E-state index in [1.807, 2.05) is 18.2 Å². The molecule has 0 aliphatic carbocycles. The maximum absolute atomic E-state index is 11.6. The van der Waals surface area contributed by atoms with Crippen molar-refractivity contribution in [3.05, 3.63) is 42.5 Å². The first kappa shape index (κ1) is 15.9. The Morgan fingerprint density at radius 3 is 3.05 bits per heavy atom. The number of ether oxygens (including phenoxy) is 1. The third-order valence-electron chi connectivity index (χ3n) is 2.89. The second-order valence-electron chi connectivity index (χ2n) is 4.39. The molecule has 0 saturated carbocycles. The number of benzene rings is 1. The molecule has 0 spiro atoms. The first-order valence-corrected chi connectivity index (χ1v) is 7.55. The van der Waals surface area contributed by atoms with Crippen LogP contribution in [-0.2, 0) is 4.79 Å². The third-order valence-corrected chi connectivity index (χ3v) is 3.88. The average molecular weight is 313 g/mol. The summed E-state index contributed by atoms with van der Waals surface area (Å²) in [5.41, 5.74) is 1.20. The van der Waals surface area contributed by atoms with Gasteiger partial charge < -0.3 is 10.1 Å². The maximum Gasteiger partial charge on any atom is 0.230 e. The van der Waals surface area contributed by atoms with Crippen molar-refractivity contribution in [1.29, 1.82) is 5.26 Å². The lowest BCUT2D eigenvalue weighted by atomic mass is 10.1. The van der Waals surface area contributed by atoms with E-state index in [4.69, 9.17) is 4.74 Å². The average Bonchev–Trinajstić information content (AvgIpc) is 2.56. The summed E-state index contributed by atoms with van der Waals surface area (Å²) in [6.07, 6.45) is 1.62. The Labute approximate surface area is 133 Å². The molecule has 0 aliphatic rings. The number of carbonyl (C=O) groups is 1. The van der Waals surface area contributed by atoms with Gasteiger partial charge in [-0.15, -0.1) is 6.58 Å². The summed E-state index contributed by atoms with van der Waals surface area (Å²) in [6, 6.07) is 9.35. The highest BCUT2D eigenvalue weighted by atomic mass is 32.2. The molecule has 1 aromatic heterocycles. The van der Waals surface area contributed by atoms with Gasteiger partial charge in [0.25, 0.3) is 0 Å². The lowest BCUT2D eigenvalue weighted by Crippen LogP contribution is -2.25. The topological polar surface area (TPSA) is 75.0 Å². The van der Waals surface area contributed by atoms with Crippen molar-refractivity contribution in [2.45, 2.75) is 5.03 Å². The molecule has 0 aliphatic heterocycles. The van der Waals surface area contributed by atoms with Crippen LogP contribution in [-0.4, -0.2) is 30.3 Å². The molecule has 2 rings (SSSR count). The van der Waals surface area contributed by atoms with Crippen LogP contribution in [0.4, 0.5) is 0 Å². The molecule has 1 aromatic carbocycles. The lowest BCUT2D eigenvalue weighted by molar-refractivity contribution is -0.118. The Morgan fingerprint density at radius 1 is 1.55 bits per heavy atom. The van der Waals surface area contributed by atoms with Crippen LogP contribution in [0.5, 0.6) is 5.75 Å². The van der Waals surface area contributed by atoms with Gasteiger partial charge in [-0.1, -0.05) is 17.8 Å². The predicted octanol–water partition coefficient (Wildman–Crippen LogP) is 2.51. The number of nitrogens with zero attached hydrogens (tertiary/aromatic N) is 2. The number of fused-ring (bicyclic) bond motifs is 1. The van der Waals surface area contributed by atoms with E-state index < -0.39 is 0 Å². The Morgan fingerprint density at radius 2 is 2.36 bits per heavy atom. The molecule has 1 amide bonds. The summed E-state index contributed by atoms with van der Waals surface area (Å²) in [7, 11) is 1.59. The van der Waals surface area contributed by atoms with Crippen molar-refractivity contribution in [2.24, 2.45) is 0 Å². The van der Waals surface area contributed by atoms with Crippen LogP contribution in [0.25, 0.3) is 10.9 Å². The summed E-state index contributed by atoms with van der Waals surface area (Å²) in [5, 5.41) is 13.3. The fourth-order valence-corrected chi connectivity index (χ4v) is 2.62. The van der Waals surface area contributed by atoms with Gasteiger partial charge in [0.2, 0.25) is 5.91 Å². The summed E-state index contributed by atoms with van der Waals surface area (Å²) in [5.74, 6) is 0.796. The van der Waals surface area contributed by atoms with Gasteiger partial charge in [0.1, 0.15) is 16.8 Å². The molecule has 22 heavy (non-hydrogen) atoms. The molecule has 0 radical (unpaired) electrons. The van der Waals surface area contributed by atoms with Crippen LogP contribution in [0, 0.1) is 11.3 Å². The standard InChI is InChI=1S/C16H15N3O2S/c1-3-6-18-15(20)10-22-16-12(9-17)7-11-8-13(21-2)4-5-14(11)19-16/h3-5,7-8H,1,6,10H2,2H3,(H,18,20). The largest absolute Gasteiger partial charge is 0.497 e. The highest BCUT2D eigenvalue weighted by Crippen LogP contribution is 2.26. The van der Waals surface area contributed by atoms with Crippen LogP contribution < -0.4 is 10.1 Å². The zero-order valence-corrected chi connectivity index (χ0v) is 12.9. The molecule has 1 heterocycles. The van der Waals surface area contributed by atoms with E-state index >= 15 is 0 Å². The second kappa shape index (κ2) is 7.48. The summed E-state index contributed by atoms with van der Waals surface area (Å²) in [6.45, 7) is 3.97. The van der Waals surface area contributed by atoms with Crippen molar-refractivity contribution in [1.82, 2.24) is 10.3 Å². The van der Waals surface area contributed by atoms with E-state index in [0.717, 1.165) is 10.9 Å². The molecule has 0 bridgehead atoms. The number of nitrogens with one attached hydrogen (secondary N) is 1. The van der Waals surface area contributed by atoms with E-state index in [9.17, 15) is 10.1 Å². The molecule has 112 valence electrons. The maximum atomic E-state index is 11.6. The number of pyridine rings is 1. The van der Waals surface area contributed by atoms with Gasteiger partial charge in [-0.25, -0.2) is 4.98 Å². The van der Waals surface area contributed by atoms with Crippen LogP contribution >= 0.6 is 11.8 Å². The predicted molar refractivity (Wildman–Crippen MR) is 86.9 cm³/mol. The van der Waals surface area contributed by atoms with Gasteiger partial charge in [-0.2, -0.15) is 5.26 Å². The molecule has 0 fully saturated rings. The number of hydrogen-bond acceptors (Lipinski definition) is 5. The SMILES string of the molecule is C=CCNC(=O)CSc1nc2ccc(OC)cc2cc1C#N. The Bertz CT molecular complexity index is 753. The molecule has 5 nitrogen and oxygen atoms in total. The van der Waals surface area contributed by atoms with Crippen molar-refractivity contribution in [2.75, 3.05) is 19.4 Å². The molecule has 2 aromatic rings. The van der Waals surface area contributed by atoms with Crippen LogP contribution in [0.3, 0.4) is 0 Å². The summed E-state index contributed by atoms with van der Waals surface area (Å²) < 4.78 is 5.17. The zero-order valence-electron chi connectivity index (χ0n) is 12.1. The van der Waals surface area contributed by atoms with Gasteiger partial charge in [-0.3, -0.25) is 4.79 Å². The number of hydrogen-bond donors (Lipinski definition) is 1. The second-order valence-corrected chi connectivity index (χ2v) is 5.36. The van der Waals surface area contributed by atoms with Gasteiger partial charge in [0.15, 0.2) is 0 Å². The van der Waals surface area contributed by atoms with Crippen molar-refractivity contribution < 1.29 is 9.53 Å². The van der Waals surface area contributed by atoms with Gasteiger partial charge in [0, 0.05) is 11.9 Å². The van der Waals surface area contributed by atoms with Crippen molar-refractivity contribution in [3.63, 3.8) is 0 Å². The number of methoxy groups -OCH3 is 1. The molecule has 6 heteroatoms. The smallest absolute Gasteiger partial charge is 0.230 e. The number of thioether (sulfide) groups is 1. The molecule has 0 saturated heterocycles. The Balaban J connectivity index is 2.24.